The fourth-order valence-corrected chi connectivity index (χ4v) is 3.08. The van der Waals surface area contributed by atoms with Gasteiger partial charge in [0.1, 0.15) is 0 Å². The Balaban J connectivity index is 1.67. The highest BCUT2D eigenvalue weighted by molar-refractivity contribution is 9.10. The van der Waals surface area contributed by atoms with Gasteiger partial charge in [0.25, 0.3) is 5.56 Å². The minimum absolute atomic E-state index is 0.204. The molecule has 0 aliphatic carbocycles. The molecule has 1 aliphatic heterocycles. The van der Waals surface area contributed by atoms with E-state index in [-0.39, 0.29) is 18.2 Å². The molecule has 2 heterocycles. The topological polar surface area (TPSA) is 83.9 Å². The van der Waals surface area contributed by atoms with Gasteiger partial charge in [0, 0.05) is 21.5 Å². The molecule has 0 radical (unpaired) electrons. The fraction of sp³-hybridized carbons (Fsp3) is 0.111. The van der Waals surface area contributed by atoms with Crippen molar-refractivity contribution >= 4 is 32.9 Å². The Kier molecular flexibility index (Phi) is 3.93. The smallest absolute Gasteiger partial charge is 0.258 e. The molecule has 25 heavy (non-hydrogen) atoms. The van der Waals surface area contributed by atoms with Crippen LogP contribution in [0.4, 0.5) is 0 Å². The van der Waals surface area contributed by atoms with Gasteiger partial charge in [-0.3, -0.25) is 14.8 Å². The maximum atomic E-state index is 12.0. The molecule has 0 amide bonds. The van der Waals surface area contributed by atoms with Gasteiger partial charge in [-0.1, -0.05) is 22.0 Å². The third-order valence-electron chi connectivity index (χ3n) is 3.93. The van der Waals surface area contributed by atoms with Gasteiger partial charge in [-0.05, 0) is 35.9 Å². The highest BCUT2D eigenvalue weighted by Gasteiger charge is 2.13. The molecule has 0 spiro atoms. The highest BCUT2D eigenvalue weighted by Crippen LogP contribution is 2.32. The lowest BCUT2D eigenvalue weighted by atomic mass is 10.1. The summed E-state index contributed by atoms with van der Waals surface area (Å²) in [5, 5.41) is 11.2. The summed E-state index contributed by atoms with van der Waals surface area (Å²) in [5.74, 6) is 1.22. The summed E-state index contributed by atoms with van der Waals surface area (Å²) in [5.41, 5.74) is 1.08. The molecule has 0 fully saturated rings. The van der Waals surface area contributed by atoms with Gasteiger partial charge in [0.15, 0.2) is 11.5 Å². The summed E-state index contributed by atoms with van der Waals surface area (Å²) in [7, 11) is 0. The van der Waals surface area contributed by atoms with E-state index < -0.39 is 0 Å². The quantitative estimate of drug-likeness (QED) is 0.660. The van der Waals surface area contributed by atoms with Crippen molar-refractivity contribution in [3.8, 4) is 17.4 Å². The van der Waals surface area contributed by atoms with E-state index >= 15 is 0 Å². The molecule has 6 nitrogen and oxygen atoms in total. The maximum Gasteiger partial charge on any atom is 0.258 e. The molecule has 0 unspecified atom stereocenters. The van der Waals surface area contributed by atoms with Gasteiger partial charge in [0.2, 0.25) is 12.7 Å². The van der Waals surface area contributed by atoms with Crippen molar-refractivity contribution in [3.63, 3.8) is 0 Å². The second-order valence-corrected chi connectivity index (χ2v) is 6.48. The minimum atomic E-state index is -0.340. The van der Waals surface area contributed by atoms with E-state index in [1.54, 1.807) is 24.4 Å². The molecule has 4 rings (SSSR count). The highest BCUT2D eigenvalue weighted by atomic mass is 79.9. The Bertz CT molecular complexity index is 1060. The zero-order valence-corrected chi connectivity index (χ0v) is 14.5. The van der Waals surface area contributed by atoms with Crippen molar-refractivity contribution in [3.05, 3.63) is 62.4 Å². The number of aromatic amines is 1. The van der Waals surface area contributed by atoms with Crippen molar-refractivity contribution in [2.24, 2.45) is 4.99 Å². The number of aromatic hydroxyl groups is 1. The first-order chi connectivity index (χ1) is 12.1. The number of benzene rings is 2. The van der Waals surface area contributed by atoms with Crippen molar-refractivity contribution < 1.29 is 14.6 Å². The van der Waals surface area contributed by atoms with Crippen molar-refractivity contribution in [1.29, 1.82) is 0 Å². The number of nitrogens with zero attached hydrogens (tertiary/aromatic N) is 1. The van der Waals surface area contributed by atoms with Gasteiger partial charge in [-0.25, -0.2) is 0 Å². The van der Waals surface area contributed by atoms with Crippen LogP contribution in [0.15, 0.2) is 50.7 Å². The molecule has 126 valence electrons. The number of halogens is 1. The van der Waals surface area contributed by atoms with Crippen LogP contribution in [-0.2, 0) is 6.54 Å². The molecule has 3 aromatic rings. The average Bonchev–Trinajstić information content (AvgIpc) is 3.05. The van der Waals surface area contributed by atoms with Gasteiger partial charge in [0.05, 0.1) is 12.1 Å². The molecule has 2 N–H and O–H groups in total. The molecule has 1 aromatic heterocycles. The number of aliphatic imine (C=N–C) groups is 1. The van der Waals surface area contributed by atoms with E-state index in [4.69, 9.17) is 9.47 Å². The Morgan fingerprint density at radius 2 is 2.00 bits per heavy atom. The van der Waals surface area contributed by atoms with E-state index in [0.717, 1.165) is 15.8 Å². The summed E-state index contributed by atoms with van der Waals surface area (Å²) < 4.78 is 11.4. The monoisotopic (exact) mass is 400 g/mol. The lowest BCUT2D eigenvalue weighted by Crippen LogP contribution is -2.08. The van der Waals surface area contributed by atoms with Gasteiger partial charge < -0.3 is 14.6 Å². The summed E-state index contributed by atoms with van der Waals surface area (Å²) in [6.45, 7) is 0.638. The first-order valence-corrected chi connectivity index (χ1v) is 8.34. The normalized spacial score (nSPS) is 13.0. The number of nitrogens with one attached hydrogen (secondary N) is 1. The molecule has 0 saturated carbocycles. The number of hydrogen-bond donors (Lipinski definition) is 2. The van der Waals surface area contributed by atoms with Crippen molar-refractivity contribution in [2.75, 3.05) is 6.79 Å². The summed E-state index contributed by atoms with van der Waals surface area (Å²) in [6.07, 6.45) is 1.56. The van der Waals surface area contributed by atoms with E-state index in [9.17, 15) is 9.90 Å². The van der Waals surface area contributed by atoms with Crippen LogP contribution < -0.4 is 15.0 Å². The number of ether oxygens (including phenoxy) is 2. The standard InChI is InChI=1S/C18H13BrN2O4/c19-11-2-3-12-13(6-11)14(18(23)21-17(12)22)8-20-7-10-1-4-15-16(5-10)25-9-24-15/h1-6,8H,7,9H2,(H2,21,22,23). The molecular weight excluding hydrogens is 388 g/mol. The summed E-state index contributed by atoms with van der Waals surface area (Å²) in [4.78, 5) is 18.8. The third kappa shape index (κ3) is 2.98. The maximum absolute atomic E-state index is 12.0. The lowest BCUT2D eigenvalue weighted by molar-refractivity contribution is 0.174. The van der Waals surface area contributed by atoms with Crippen LogP contribution in [0.5, 0.6) is 17.4 Å². The molecular formula is C18H13BrN2O4. The Hall–Kier alpha value is -2.80. The average molecular weight is 401 g/mol. The third-order valence-corrected chi connectivity index (χ3v) is 4.43. The predicted octanol–water partition coefficient (Wildman–Crippen LogP) is 3.34. The molecule has 1 aliphatic rings. The van der Waals surface area contributed by atoms with Crippen LogP contribution >= 0.6 is 15.9 Å². The zero-order valence-electron chi connectivity index (χ0n) is 13.0. The second kappa shape index (κ2) is 6.25. The van der Waals surface area contributed by atoms with E-state index in [1.807, 2.05) is 18.2 Å². The molecule has 7 heteroatoms. The van der Waals surface area contributed by atoms with Crippen LogP contribution in [-0.4, -0.2) is 23.1 Å². The molecule has 0 bridgehead atoms. The van der Waals surface area contributed by atoms with Crippen LogP contribution in [0.3, 0.4) is 0 Å². The van der Waals surface area contributed by atoms with Crippen LogP contribution in [0, 0.1) is 0 Å². The largest absolute Gasteiger partial charge is 0.494 e. The van der Waals surface area contributed by atoms with Crippen LogP contribution in [0.2, 0.25) is 0 Å². The molecule has 0 atom stereocenters. The molecule has 0 saturated heterocycles. The Morgan fingerprint density at radius 3 is 2.88 bits per heavy atom. The second-order valence-electron chi connectivity index (χ2n) is 5.56. The number of H-pyrrole nitrogens is 1. The summed E-state index contributed by atoms with van der Waals surface area (Å²) >= 11 is 3.39. The minimum Gasteiger partial charge on any atom is -0.494 e. The van der Waals surface area contributed by atoms with Crippen molar-refractivity contribution in [1.82, 2.24) is 4.98 Å². The number of rotatable bonds is 3. The predicted molar refractivity (Wildman–Crippen MR) is 97.8 cm³/mol. The zero-order chi connectivity index (χ0) is 17.4. The number of aromatic nitrogens is 1. The Morgan fingerprint density at radius 1 is 1.16 bits per heavy atom. The Labute approximate surface area is 150 Å². The van der Waals surface area contributed by atoms with Crippen molar-refractivity contribution in [2.45, 2.75) is 6.54 Å². The number of hydrogen-bond acceptors (Lipinski definition) is 5. The summed E-state index contributed by atoms with van der Waals surface area (Å²) in [6, 6.07) is 10.9. The lowest BCUT2D eigenvalue weighted by Gasteiger charge is -2.05. The van der Waals surface area contributed by atoms with Crippen LogP contribution in [0.25, 0.3) is 10.8 Å². The first-order valence-electron chi connectivity index (χ1n) is 7.55. The van der Waals surface area contributed by atoms with Crippen LogP contribution in [0.1, 0.15) is 11.1 Å². The number of fused-ring (bicyclic) bond motifs is 2. The SMILES string of the molecule is O=c1[nH]c(O)c(C=NCc2ccc3c(c2)OCO3)c2cc(Br)ccc12. The van der Waals surface area contributed by atoms with E-state index in [0.29, 0.717) is 28.6 Å². The van der Waals surface area contributed by atoms with E-state index in [1.165, 1.54) is 0 Å². The molecule has 2 aromatic carbocycles. The number of pyridine rings is 1. The van der Waals surface area contributed by atoms with Gasteiger partial charge >= 0.3 is 0 Å². The van der Waals surface area contributed by atoms with Gasteiger partial charge in [-0.2, -0.15) is 0 Å². The van der Waals surface area contributed by atoms with Gasteiger partial charge in [-0.15, -0.1) is 0 Å². The van der Waals surface area contributed by atoms with E-state index in [2.05, 4.69) is 25.9 Å². The fourth-order valence-electron chi connectivity index (χ4n) is 2.72. The first kappa shape index (κ1) is 15.7.